The Bertz CT molecular complexity index is 1950. The number of pyridine rings is 1. The number of nitrogen functional groups attached to an aromatic ring is 1. The zero-order valence-corrected chi connectivity index (χ0v) is 25.9. The molecule has 0 aliphatic carbocycles. The highest BCUT2D eigenvalue weighted by Crippen LogP contribution is 2.43. The second-order valence-electron chi connectivity index (χ2n) is 12.2. The summed E-state index contributed by atoms with van der Waals surface area (Å²) in [5, 5.41) is 10.4. The number of fused-ring (bicyclic) bond motifs is 3. The largest absolute Gasteiger partial charge is 0.461 e. The second kappa shape index (κ2) is 11.4. The van der Waals surface area contributed by atoms with Gasteiger partial charge in [-0.15, -0.1) is 11.3 Å². The topological polar surface area (TPSA) is 125 Å². The summed E-state index contributed by atoms with van der Waals surface area (Å²) >= 11 is 0.914. The Morgan fingerprint density at radius 3 is 2.93 bits per heavy atom. The number of likely N-dealkylation sites (tertiary alicyclic amines) is 1. The zero-order valence-electron chi connectivity index (χ0n) is 25.1. The summed E-state index contributed by atoms with van der Waals surface area (Å²) in [4.78, 5) is 31.6. The Hall–Kier alpha value is -4.48. The van der Waals surface area contributed by atoms with E-state index in [0.29, 0.717) is 43.7 Å². The lowest BCUT2D eigenvalue weighted by Gasteiger charge is -2.31. The van der Waals surface area contributed by atoms with Crippen molar-refractivity contribution in [3.8, 4) is 23.3 Å². The quantitative estimate of drug-likeness (QED) is 0.281. The number of hydrogen-bond acceptors (Lipinski definition) is 10. The second-order valence-corrected chi connectivity index (χ2v) is 13.2. The van der Waals surface area contributed by atoms with Crippen LogP contribution in [-0.2, 0) is 4.79 Å². The smallest absolute Gasteiger partial charge is 0.319 e. The van der Waals surface area contributed by atoms with Crippen LogP contribution in [0.15, 0.2) is 31.0 Å². The van der Waals surface area contributed by atoms with Crippen LogP contribution >= 0.6 is 11.3 Å². The van der Waals surface area contributed by atoms with Gasteiger partial charge in [-0.2, -0.15) is 15.2 Å². The first-order valence-corrected chi connectivity index (χ1v) is 15.9. The number of likely N-dealkylation sites (N-methyl/N-ethyl adjacent to an activating group) is 1. The number of carbonyl (C=O) groups is 1. The number of nitriles is 1. The molecule has 1 aromatic carbocycles. The van der Waals surface area contributed by atoms with Gasteiger partial charge in [0, 0.05) is 56.3 Å². The van der Waals surface area contributed by atoms with Crippen LogP contribution < -0.4 is 15.4 Å². The number of aromatic nitrogens is 3. The normalized spacial score (nSPS) is 22.8. The highest BCUT2D eigenvalue weighted by atomic mass is 32.1. The molecule has 3 atom stereocenters. The van der Waals surface area contributed by atoms with E-state index in [0.717, 1.165) is 30.7 Å². The van der Waals surface area contributed by atoms with Crippen molar-refractivity contribution in [2.75, 3.05) is 50.5 Å². The molecule has 3 aromatic heterocycles. The Balaban J connectivity index is 1.34. The van der Waals surface area contributed by atoms with Crippen LogP contribution in [-0.4, -0.2) is 88.2 Å². The van der Waals surface area contributed by atoms with Crippen molar-refractivity contribution in [3.05, 3.63) is 48.2 Å². The van der Waals surface area contributed by atoms with Crippen LogP contribution in [0.2, 0.25) is 0 Å². The van der Waals surface area contributed by atoms with Gasteiger partial charge in [-0.3, -0.25) is 14.7 Å². The van der Waals surface area contributed by atoms with Crippen molar-refractivity contribution in [3.63, 3.8) is 0 Å². The SMILES string of the molecule is C=CC(=O)N1CC[C@@H](N(C)c2nc(OC[C@@]34CCCN3C[C@H](F)C4)nc3c(F)c(-c4ccc(F)c5sc(N)c(C#N)c45)ncc23)C1. The number of nitrogens with zero attached hydrogens (tertiary/aromatic N) is 7. The minimum atomic E-state index is -0.949. The van der Waals surface area contributed by atoms with Gasteiger partial charge < -0.3 is 20.3 Å². The van der Waals surface area contributed by atoms with E-state index in [1.54, 1.807) is 4.90 Å². The Morgan fingerprint density at radius 1 is 1.33 bits per heavy atom. The molecule has 3 fully saturated rings. The van der Waals surface area contributed by atoms with Gasteiger partial charge in [0.25, 0.3) is 0 Å². The van der Waals surface area contributed by atoms with E-state index in [1.807, 2.05) is 18.0 Å². The van der Waals surface area contributed by atoms with E-state index in [-0.39, 0.29) is 62.0 Å². The molecule has 0 radical (unpaired) electrons. The van der Waals surface area contributed by atoms with Gasteiger partial charge in [-0.1, -0.05) is 6.58 Å². The molecule has 10 nitrogen and oxygen atoms in total. The lowest BCUT2D eigenvalue weighted by Crippen LogP contribution is -2.43. The predicted octanol–water partition coefficient (Wildman–Crippen LogP) is 4.82. The Morgan fingerprint density at radius 2 is 2.15 bits per heavy atom. The van der Waals surface area contributed by atoms with Crippen molar-refractivity contribution < 1.29 is 22.7 Å². The minimum absolute atomic E-state index is 0.0471. The molecule has 6 heterocycles. The van der Waals surface area contributed by atoms with E-state index in [9.17, 15) is 18.8 Å². The lowest BCUT2D eigenvalue weighted by atomic mass is 9.95. The van der Waals surface area contributed by atoms with Crippen LogP contribution in [0.1, 0.15) is 31.2 Å². The molecule has 7 rings (SSSR count). The van der Waals surface area contributed by atoms with Gasteiger partial charge >= 0.3 is 6.01 Å². The molecule has 2 N–H and O–H groups in total. The number of ether oxygens (including phenoxy) is 1. The fourth-order valence-electron chi connectivity index (χ4n) is 7.25. The van der Waals surface area contributed by atoms with Gasteiger partial charge in [0.05, 0.1) is 21.2 Å². The molecule has 238 valence electrons. The van der Waals surface area contributed by atoms with Crippen molar-refractivity contribution in [1.82, 2.24) is 24.8 Å². The molecule has 3 aliphatic heterocycles. The van der Waals surface area contributed by atoms with Gasteiger partial charge in [0.2, 0.25) is 5.91 Å². The first-order valence-electron chi connectivity index (χ1n) is 15.1. The van der Waals surface area contributed by atoms with Crippen molar-refractivity contribution in [1.29, 1.82) is 5.26 Å². The van der Waals surface area contributed by atoms with Gasteiger partial charge in [-0.25, -0.2) is 13.2 Å². The van der Waals surface area contributed by atoms with Gasteiger partial charge in [0.15, 0.2) is 5.82 Å². The molecule has 3 aliphatic rings. The fourth-order valence-corrected chi connectivity index (χ4v) is 8.20. The van der Waals surface area contributed by atoms with Crippen LogP contribution in [0.4, 0.5) is 24.0 Å². The Labute approximate surface area is 266 Å². The Kier molecular flexibility index (Phi) is 7.48. The summed E-state index contributed by atoms with van der Waals surface area (Å²) < 4.78 is 52.2. The number of carbonyl (C=O) groups excluding carboxylic acids is 1. The van der Waals surface area contributed by atoms with Crippen molar-refractivity contribution in [2.24, 2.45) is 0 Å². The number of amides is 1. The minimum Gasteiger partial charge on any atom is -0.461 e. The first kappa shape index (κ1) is 30.2. The zero-order chi connectivity index (χ0) is 32.3. The molecular weight excluding hydrogens is 617 g/mol. The van der Waals surface area contributed by atoms with E-state index < -0.39 is 23.3 Å². The summed E-state index contributed by atoms with van der Waals surface area (Å²) in [6.07, 6.45) is 4.47. The molecule has 0 spiro atoms. The maximum atomic E-state index is 16.7. The van der Waals surface area contributed by atoms with Crippen molar-refractivity contribution in [2.45, 2.75) is 43.4 Å². The molecule has 1 amide bonds. The average molecular weight is 649 g/mol. The van der Waals surface area contributed by atoms with Crippen molar-refractivity contribution >= 4 is 49.1 Å². The average Bonchev–Trinajstić information content (AvgIpc) is 3.82. The molecule has 0 bridgehead atoms. The molecule has 0 saturated carbocycles. The van der Waals surface area contributed by atoms with Crippen LogP contribution in [0.25, 0.3) is 32.2 Å². The standard InChI is InChI=1S/C32H31F3N8O2S/c1-3-23(44)42-10-7-18(15-42)41(2)30-21-13-38-26(19-5-6-22(34)28-24(19)20(12-36)29(37)46-28)25(35)27(21)39-31(40-30)45-16-32-8-4-9-43(32)14-17(33)11-32/h3,5-6,13,17-18H,1,4,7-11,14-16,37H2,2H3/t17-,18-,32+/m1/s1. The van der Waals surface area contributed by atoms with E-state index in [2.05, 4.69) is 21.4 Å². The maximum absolute atomic E-state index is 16.7. The van der Waals surface area contributed by atoms with E-state index >= 15 is 4.39 Å². The predicted molar refractivity (Wildman–Crippen MR) is 169 cm³/mol. The summed E-state index contributed by atoms with van der Waals surface area (Å²) in [5.41, 5.74) is 5.58. The molecule has 3 saturated heterocycles. The number of halogens is 3. The van der Waals surface area contributed by atoms with E-state index in [1.165, 1.54) is 24.4 Å². The number of hydrogen-bond donors (Lipinski definition) is 1. The first-order chi connectivity index (χ1) is 22.1. The highest BCUT2D eigenvalue weighted by Gasteiger charge is 2.49. The molecule has 14 heteroatoms. The fraction of sp³-hybridized carbons (Fsp3) is 0.406. The lowest BCUT2D eigenvalue weighted by molar-refractivity contribution is -0.125. The summed E-state index contributed by atoms with van der Waals surface area (Å²) in [7, 11) is 1.81. The van der Waals surface area contributed by atoms with Crippen LogP contribution in [0, 0.1) is 23.0 Å². The molecule has 0 unspecified atom stereocenters. The maximum Gasteiger partial charge on any atom is 0.319 e. The summed E-state index contributed by atoms with van der Waals surface area (Å²) in [5.74, 6) is -1.21. The molecule has 46 heavy (non-hydrogen) atoms. The summed E-state index contributed by atoms with van der Waals surface area (Å²) in [6.45, 7) is 5.80. The number of rotatable bonds is 7. The van der Waals surface area contributed by atoms with E-state index in [4.69, 9.17) is 15.5 Å². The number of alkyl halides is 1. The van der Waals surface area contributed by atoms with Crippen LogP contribution in [0.5, 0.6) is 6.01 Å². The molecular formula is C32H31F3N8O2S. The molecule has 4 aromatic rings. The van der Waals surface area contributed by atoms with Gasteiger partial charge in [-0.05, 0) is 44.0 Å². The third-order valence-corrected chi connectivity index (χ3v) is 10.6. The van der Waals surface area contributed by atoms with Crippen LogP contribution in [0.3, 0.4) is 0 Å². The monoisotopic (exact) mass is 648 g/mol. The number of anilines is 2. The highest BCUT2D eigenvalue weighted by molar-refractivity contribution is 7.23. The number of benzene rings is 1. The number of thiophene rings is 1. The number of nitrogens with two attached hydrogens (primary N) is 1. The summed E-state index contributed by atoms with van der Waals surface area (Å²) in [6, 6.07) is 4.35. The third kappa shape index (κ3) is 4.80. The third-order valence-electron chi connectivity index (χ3n) is 9.59. The van der Waals surface area contributed by atoms with Gasteiger partial charge in [0.1, 0.15) is 46.7 Å².